The lowest BCUT2D eigenvalue weighted by Crippen LogP contribution is -2.31. The molecule has 1 aliphatic heterocycles. The van der Waals surface area contributed by atoms with E-state index in [1.165, 1.54) is 6.92 Å². The van der Waals surface area contributed by atoms with E-state index in [4.69, 9.17) is 4.74 Å². The van der Waals surface area contributed by atoms with Crippen LogP contribution in [-0.2, 0) is 20.7 Å². The van der Waals surface area contributed by atoms with Crippen LogP contribution in [0.1, 0.15) is 54.7 Å². The fourth-order valence-electron chi connectivity index (χ4n) is 3.53. The van der Waals surface area contributed by atoms with Crippen LogP contribution in [0.3, 0.4) is 0 Å². The Morgan fingerprint density at radius 2 is 1.83 bits per heavy atom. The molecule has 2 aromatic rings. The summed E-state index contributed by atoms with van der Waals surface area (Å²) in [5, 5.41) is 2.96. The summed E-state index contributed by atoms with van der Waals surface area (Å²) in [6, 6.07) is 14.2. The Morgan fingerprint density at radius 1 is 1.10 bits per heavy atom. The monoisotopic (exact) mass is 394 g/mol. The number of carbonyl (C=O) groups excluding carboxylic acids is 3. The molecule has 0 aliphatic carbocycles. The highest BCUT2D eigenvalue weighted by atomic mass is 16.5. The highest BCUT2D eigenvalue weighted by Gasteiger charge is 2.25. The van der Waals surface area contributed by atoms with E-state index in [1.54, 1.807) is 24.8 Å². The topological polar surface area (TPSA) is 75.7 Å². The van der Waals surface area contributed by atoms with E-state index in [1.807, 2.05) is 42.5 Å². The third-order valence-corrected chi connectivity index (χ3v) is 4.86. The zero-order valence-electron chi connectivity index (χ0n) is 17.0. The second-order valence-corrected chi connectivity index (χ2v) is 7.44. The summed E-state index contributed by atoms with van der Waals surface area (Å²) < 4.78 is 5.26. The van der Waals surface area contributed by atoms with E-state index in [2.05, 4.69) is 5.32 Å². The van der Waals surface area contributed by atoms with Crippen molar-refractivity contribution in [2.75, 3.05) is 11.4 Å². The lowest BCUT2D eigenvalue weighted by atomic mass is 10.0. The number of anilines is 1. The van der Waals surface area contributed by atoms with Gasteiger partial charge in [-0.05, 0) is 49.6 Å². The number of esters is 1. The second-order valence-electron chi connectivity index (χ2n) is 7.44. The van der Waals surface area contributed by atoms with Gasteiger partial charge in [0.05, 0.1) is 18.6 Å². The molecule has 3 rings (SSSR count). The first-order chi connectivity index (χ1) is 13.8. The number of nitrogens with one attached hydrogen (secondary N) is 1. The number of ether oxygens (including phenoxy) is 1. The van der Waals surface area contributed by atoms with Crippen LogP contribution in [-0.4, -0.2) is 30.4 Å². The molecule has 0 spiro atoms. The van der Waals surface area contributed by atoms with Crippen LogP contribution in [0.15, 0.2) is 48.5 Å². The lowest BCUT2D eigenvalue weighted by Gasteiger charge is -2.20. The van der Waals surface area contributed by atoms with Gasteiger partial charge in [-0.15, -0.1) is 0 Å². The van der Waals surface area contributed by atoms with Gasteiger partial charge in [-0.1, -0.05) is 30.3 Å². The number of benzene rings is 2. The normalized spacial score (nSPS) is 13.7. The van der Waals surface area contributed by atoms with Crippen molar-refractivity contribution >= 4 is 23.5 Å². The molecule has 2 aromatic carbocycles. The van der Waals surface area contributed by atoms with Crippen molar-refractivity contribution in [2.24, 2.45) is 0 Å². The quantitative estimate of drug-likeness (QED) is 0.762. The van der Waals surface area contributed by atoms with E-state index in [0.717, 1.165) is 23.2 Å². The summed E-state index contributed by atoms with van der Waals surface area (Å²) in [6.07, 6.45) is 0.561. The summed E-state index contributed by atoms with van der Waals surface area (Å²) in [5.41, 5.74) is 3.18. The molecule has 152 valence electrons. The molecule has 0 radical (unpaired) electrons. The summed E-state index contributed by atoms with van der Waals surface area (Å²) in [6.45, 7) is 5.76. The number of carbonyl (C=O) groups is 3. The Labute approximate surface area is 170 Å². The minimum Gasteiger partial charge on any atom is -0.463 e. The molecule has 1 heterocycles. The zero-order valence-corrected chi connectivity index (χ0v) is 17.0. The second kappa shape index (κ2) is 8.90. The molecule has 1 atom stereocenters. The number of fused-ring (bicyclic) bond motifs is 1. The van der Waals surface area contributed by atoms with Gasteiger partial charge in [0.15, 0.2) is 0 Å². The van der Waals surface area contributed by atoms with Gasteiger partial charge >= 0.3 is 5.97 Å². The van der Waals surface area contributed by atoms with Crippen LogP contribution >= 0.6 is 0 Å². The van der Waals surface area contributed by atoms with Gasteiger partial charge in [0.1, 0.15) is 0 Å². The van der Waals surface area contributed by atoms with Crippen LogP contribution in [0.5, 0.6) is 0 Å². The van der Waals surface area contributed by atoms with E-state index in [0.29, 0.717) is 12.1 Å². The number of nitrogens with zero attached hydrogens (tertiary/aromatic N) is 1. The van der Waals surface area contributed by atoms with Gasteiger partial charge in [-0.2, -0.15) is 0 Å². The Morgan fingerprint density at radius 3 is 2.48 bits per heavy atom. The van der Waals surface area contributed by atoms with Crippen molar-refractivity contribution in [1.29, 1.82) is 0 Å². The zero-order chi connectivity index (χ0) is 21.0. The molecule has 0 saturated heterocycles. The predicted octanol–water partition coefficient (Wildman–Crippen LogP) is 3.41. The van der Waals surface area contributed by atoms with Crippen molar-refractivity contribution in [2.45, 2.75) is 45.8 Å². The Balaban J connectivity index is 1.78. The highest BCUT2D eigenvalue weighted by Crippen LogP contribution is 2.29. The average molecular weight is 394 g/mol. The minimum atomic E-state index is -0.489. The third-order valence-electron chi connectivity index (χ3n) is 4.86. The van der Waals surface area contributed by atoms with Crippen LogP contribution in [0.2, 0.25) is 0 Å². The molecular formula is C23H26N2O4. The maximum absolute atomic E-state index is 12.9. The van der Waals surface area contributed by atoms with Gasteiger partial charge < -0.3 is 15.0 Å². The number of hydrogen-bond acceptors (Lipinski definition) is 4. The van der Waals surface area contributed by atoms with Gasteiger partial charge in [0.2, 0.25) is 5.91 Å². The molecule has 0 fully saturated rings. The van der Waals surface area contributed by atoms with Crippen LogP contribution < -0.4 is 10.2 Å². The molecule has 0 aromatic heterocycles. The van der Waals surface area contributed by atoms with E-state index < -0.39 is 6.04 Å². The summed E-state index contributed by atoms with van der Waals surface area (Å²) in [7, 11) is 0. The van der Waals surface area contributed by atoms with Gasteiger partial charge in [0.25, 0.3) is 5.91 Å². The number of hydrogen-bond donors (Lipinski definition) is 1. The van der Waals surface area contributed by atoms with Crippen molar-refractivity contribution in [3.63, 3.8) is 0 Å². The van der Waals surface area contributed by atoms with Gasteiger partial charge in [0, 0.05) is 24.7 Å². The molecule has 0 bridgehead atoms. The van der Waals surface area contributed by atoms with Crippen molar-refractivity contribution < 1.29 is 19.1 Å². The van der Waals surface area contributed by atoms with Crippen LogP contribution in [0, 0.1) is 0 Å². The average Bonchev–Trinajstić information content (AvgIpc) is 3.11. The molecule has 1 aliphatic rings. The maximum Gasteiger partial charge on any atom is 0.308 e. The van der Waals surface area contributed by atoms with Gasteiger partial charge in [-0.25, -0.2) is 0 Å². The first-order valence-corrected chi connectivity index (χ1v) is 9.81. The Kier molecular flexibility index (Phi) is 6.32. The number of rotatable bonds is 6. The van der Waals surface area contributed by atoms with Gasteiger partial charge in [-0.3, -0.25) is 14.4 Å². The summed E-state index contributed by atoms with van der Waals surface area (Å²) in [4.78, 5) is 38.5. The molecule has 2 amide bonds. The standard InChI is InChI=1S/C23H26N2O4/c1-15(2)29-22(27)14-20(17-7-5-4-6-8-17)24-23(28)19-9-10-21-18(13-19)11-12-25(21)16(3)26/h4-10,13,15,20H,11-12,14H2,1-3H3,(H,24,28)/t20-/m1/s1. The molecule has 1 N–H and O–H groups in total. The van der Waals surface area contributed by atoms with Crippen LogP contribution in [0.4, 0.5) is 5.69 Å². The molecule has 6 nitrogen and oxygen atoms in total. The van der Waals surface area contributed by atoms with Crippen LogP contribution in [0.25, 0.3) is 0 Å². The Hall–Kier alpha value is -3.15. The molecule has 6 heteroatoms. The fraction of sp³-hybridized carbons (Fsp3) is 0.348. The van der Waals surface area contributed by atoms with E-state index >= 15 is 0 Å². The predicted molar refractivity (Wildman–Crippen MR) is 111 cm³/mol. The molecule has 0 unspecified atom stereocenters. The lowest BCUT2D eigenvalue weighted by molar-refractivity contribution is -0.148. The third kappa shape index (κ3) is 5.02. The van der Waals surface area contributed by atoms with E-state index in [-0.39, 0.29) is 30.3 Å². The Bertz CT molecular complexity index is 908. The van der Waals surface area contributed by atoms with Crippen molar-refractivity contribution in [1.82, 2.24) is 5.32 Å². The van der Waals surface area contributed by atoms with E-state index in [9.17, 15) is 14.4 Å². The molecular weight excluding hydrogens is 368 g/mol. The molecule has 29 heavy (non-hydrogen) atoms. The first kappa shape index (κ1) is 20.6. The van der Waals surface area contributed by atoms with Crippen molar-refractivity contribution in [3.05, 3.63) is 65.2 Å². The smallest absolute Gasteiger partial charge is 0.308 e. The summed E-state index contributed by atoms with van der Waals surface area (Å²) >= 11 is 0. The fourth-order valence-corrected chi connectivity index (χ4v) is 3.53. The number of amides is 2. The highest BCUT2D eigenvalue weighted by molar-refractivity contribution is 5.98. The van der Waals surface area contributed by atoms with Crippen molar-refractivity contribution in [3.8, 4) is 0 Å². The largest absolute Gasteiger partial charge is 0.463 e. The SMILES string of the molecule is CC(=O)N1CCc2cc(C(=O)N[C@H](CC(=O)OC(C)C)c3ccccc3)ccc21. The first-order valence-electron chi connectivity index (χ1n) is 9.81. The minimum absolute atomic E-state index is 0.00578. The molecule has 0 saturated carbocycles. The summed E-state index contributed by atoms with van der Waals surface area (Å²) in [5.74, 6) is -0.630. The maximum atomic E-state index is 12.9.